The molecule has 29 heavy (non-hydrogen) atoms. The minimum absolute atomic E-state index is 0.280. The molecule has 2 unspecified atom stereocenters. The van der Waals surface area contributed by atoms with E-state index in [9.17, 15) is 10.4 Å². The summed E-state index contributed by atoms with van der Waals surface area (Å²) in [5, 5.41) is 20.2. The zero-order valence-electron chi connectivity index (χ0n) is 17.3. The molecule has 0 aromatic heterocycles. The molecule has 3 aliphatic rings. The molecular weight excluding hydrogens is 356 g/mol. The fourth-order valence-corrected chi connectivity index (χ4v) is 7.31. The van der Waals surface area contributed by atoms with Gasteiger partial charge >= 0.3 is 0 Å². The summed E-state index contributed by atoms with van der Waals surface area (Å²) in [5.41, 5.74) is 2.09. The standard InChI is InChI=1S/C26H31N2O/c1-28(14-15-29)24-17-20(16-23-12-13-26(23,24)28)18-25(19-27,21-8-4-2-5-9-21)22-10-6-3-7-11-22/h2-11,20,23-24,29H,12-18H2,1H3/q+1/t20-,23+,24+,26?,28?/m1/s1. The summed E-state index contributed by atoms with van der Waals surface area (Å²) in [5.74, 6) is 1.32. The van der Waals surface area contributed by atoms with E-state index in [0.717, 1.165) is 34.5 Å². The van der Waals surface area contributed by atoms with Gasteiger partial charge in [0.25, 0.3) is 0 Å². The van der Waals surface area contributed by atoms with Crippen molar-refractivity contribution in [3.05, 3.63) is 71.8 Å². The third-order valence-corrected chi connectivity index (χ3v) is 8.81. The molecule has 3 fully saturated rings. The Kier molecular flexibility index (Phi) is 4.35. The summed E-state index contributed by atoms with van der Waals surface area (Å²) in [7, 11) is 2.36. The highest BCUT2D eigenvalue weighted by atomic mass is 16.3. The maximum absolute atomic E-state index is 10.5. The fourth-order valence-electron chi connectivity index (χ4n) is 7.31. The number of hydrogen-bond donors (Lipinski definition) is 1. The van der Waals surface area contributed by atoms with Crippen LogP contribution in [0.15, 0.2) is 60.7 Å². The molecule has 2 aromatic rings. The predicted octanol–water partition coefficient (Wildman–Crippen LogP) is 4.27. The van der Waals surface area contributed by atoms with Gasteiger partial charge in [0.1, 0.15) is 18.0 Å². The van der Waals surface area contributed by atoms with E-state index >= 15 is 0 Å². The van der Waals surface area contributed by atoms with Crippen molar-refractivity contribution < 1.29 is 9.59 Å². The number of quaternary nitrogens is 1. The summed E-state index contributed by atoms with van der Waals surface area (Å²) in [6.45, 7) is 1.16. The molecule has 3 heteroatoms. The van der Waals surface area contributed by atoms with Crippen LogP contribution in [-0.2, 0) is 5.41 Å². The van der Waals surface area contributed by atoms with Crippen LogP contribution in [-0.4, -0.2) is 41.4 Å². The van der Waals surface area contributed by atoms with Crippen LogP contribution in [0.25, 0.3) is 0 Å². The Labute approximate surface area is 174 Å². The Bertz CT molecular complexity index is 881. The monoisotopic (exact) mass is 387 g/mol. The van der Waals surface area contributed by atoms with E-state index in [1.54, 1.807) is 0 Å². The largest absolute Gasteiger partial charge is 0.391 e. The van der Waals surface area contributed by atoms with Crippen molar-refractivity contribution in [2.75, 3.05) is 20.2 Å². The Balaban J connectivity index is 1.48. The van der Waals surface area contributed by atoms with E-state index in [1.807, 2.05) is 12.1 Å². The van der Waals surface area contributed by atoms with Crippen molar-refractivity contribution >= 4 is 0 Å². The molecule has 150 valence electrons. The molecule has 1 heterocycles. The number of nitrogens with zero attached hydrogens (tertiary/aromatic N) is 2. The normalized spacial score (nSPS) is 35.0. The van der Waals surface area contributed by atoms with Crippen molar-refractivity contribution in [2.45, 2.75) is 49.1 Å². The van der Waals surface area contributed by atoms with Crippen LogP contribution in [0.4, 0.5) is 0 Å². The van der Waals surface area contributed by atoms with Crippen LogP contribution < -0.4 is 0 Å². The second-order valence-electron chi connectivity index (χ2n) is 9.75. The highest BCUT2D eigenvalue weighted by molar-refractivity contribution is 5.46. The maximum atomic E-state index is 10.5. The number of benzene rings is 2. The lowest BCUT2D eigenvalue weighted by molar-refractivity contribution is -0.828. The van der Waals surface area contributed by atoms with Gasteiger partial charge in [0.05, 0.1) is 19.7 Å². The highest BCUT2D eigenvalue weighted by Gasteiger charge is 2.83. The second kappa shape index (κ2) is 6.69. The molecular formula is C26H31N2O+. The van der Waals surface area contributed by atoms with Crippen LogP contribution in [0.5, 0.6) is 0 Å². The van der Waals surface area contributed by atoms with Gasteiger partial charge in [0.15, 0.2) is 5.54 Å². The van der Waals surface area contributed by atoms with E-state index in [-0.39, 0.29) is 6.61 Å². The zero-order chi connectivity index (χ0) is 20.1. The minimum Gasteiger partial charge on any atom is -0.391 e. The van der Waals surface area contributed by atoms with Gasteiger partial charge in [0.2, 0.25) is 0 Å². The number of rotatable bonds is 6. The maximum Gasteiger partial charge on any atom is 0.155 e. The molecule has 0 radical (unpaired) electrons. The molecule has 3 nitrogen and oxygen atoms in total. The topological polar surface area (TPSA) is 44.0 Å². The first kappa shape index (κ1) is 18.9. The number of aliphatic hydroxyl groups excluding tert-OH is 1. The predicted molar refractivity (Wildman–Crippen MR) is 114 cm³/mol. The van der Waals surface area contributed by atoms with Gasteiger partial charge in [-0.1, -0.05) is 60.7 Å². The molecule has 1 aliphatic heterocycles. The van der Waals surface area contributed by atoms with Crippen molar-refractivity contribution in [3.8, 4) is 6.07 Å². The SMILES string of the molecule is C[N+]1(CCO)[C@H]2C[C@H](CC(C#N)(c3ccccc3)c3ccccc3)C[C@@H]3CCC321. The molecule has 2 aliphatic carbocycles. The van der Waals surface area contributed by atoms with E-state index in [1.165, 1.54) is 25.7 Å². The highest BCUT2D eigenvalue weighted by Crippen LogP contribution is 2.70. The molecule has 5 rings (SSSR count). The molecule has 2 saturated carbocycles. The Morgan fingerprint density at radius 2 is 1.69 bits per heavy atom. The smallest absolute Gasteiger partial charge is 0.155 e. The summed E-state index contributed by atoms with van der Waals surface area (Å²) < 4.78 is 1.07. The van der Waals surface area contributed by atoms with Crippen molar-refractivity contribution in [3.63, 3.8) is 0 Å². The fraction of sp³-hybridized carbons (Fsp3) is 0.500. The van der Waals surface area contributed by atoms with E-state index in [2.05, 4.69) is 61.6 Å². The van der Waals surface area contributed by atoms with Crippen molar-refractivity contribution in [2.24, 2.45) is 11.8 Å². The first-order valence-electron chi connectivity index (χ1n) is 11.1. The lowest BCUT2D eigenvalue weighted by Gasteiger charge is -2.42. The Morgan fingerprint density at radius 1 is 1.07 bits per heavy atom. The van der Waals surface area contributed by atoms with Crippen LogP contribution in [0.1, 0.15) is 43.2 Å². The summed E-state index contributed by atoms with van der Waals surface area (Å²) in [6, 6.07) is 24.2. The lowest BCUT2D eigenvalue weighted by atomic mass is 9.58. The van der Waals surface area contributed by atoms with E-state index in [0.29, 0.717) is 17.5 Å². The molecule has 0 bridgehead atoms. The summed E-state index contributed by atoms with van der Waals surface area (Å²) in [4.78, 5) is 0. The van der Waals surface area contributed by atoms with Crippen LogP contribution >= 0.6 is 0 Å². The first-order chi connectivity index (χ1) is 14.1. The average molecular weight is 388 g/mol. The molecule has 0 amide bonds. The third kappa shape index (κ3) is 2.49. The summed E-state index contributed by atoms with van der Waals surface area (Å²) >= 11 is 0. The molecule has 1 N–H and O–H groups in total. The Hall–Kier alpha value is -2.15. The lowest BCUT2D eigenvalue weighted by Crippen LogP contribution is -2.48. The average Bonchev–Trinajstić information content (AvgIpc) is 3.30. The van der Waals surface area contributed by atoms with Gasteiger partial charge in [-0.15, -0.1) is 0 Å². The molecule has 5 atom stereocenters. The van der Waals surface area contributed by atoms with E-state index in [4.69, 9.17) is 0 Å². The first-order valence-corrected chi connectivity index (χ1v) is 11.1. The zero-order valence-corrected chi connectivity index (χ0v) is 17.3. The van der Waals surface area contributed by atoms with Crippen LogP contribution in [0.2, 0.25) is 0 Å². The quantitative estimate of drug-likeness (QED) is 0.594. The van der Waals surface area contributed by atoms with Gasteiger partial charge in [-0.25, -0.2) is 0 Å². The van der Waals surface area contributed by atoms with E-state index < -0.39 is 5.41 Å². The number of likely N-dealkylation sites (N-methyl/N-ethyl adjacent to an activating group) is 1. The third-order valence-electron chi connectivity index (χ3n) is 8.81. The van der Waals surface area contributed by atoms with Gasteiger partial charge in [-0.3, -0.25) is 0 Å². The molecule has 1 saturated heterocycles. The number of likely N-dealkylation sites (tertiary alicyclic amines) is 1. The van der Waals surface area contributed by atoms with Crippen LogP contribution in [0.3, 0.4) is 0 Å². The number of aliphatic hydroxyl groups is 1. The Morgan fingerprint density at radius 3 is 2.17 bits per heavy atom. The number of nitriles is 1. The van der Waals surface area contributed by atoms with Gasteiger partial charge in [0, 0.05) is 18.8 Å². The van der Waals surface area contributed by atoms with Gasteiger partial charge in [-0.2, -0.15) is 5.26 Å². The summed E-state index contributed by atoms with van der Waals surface area (Å²) in [6.07, 6.45) is 5.96. The molecule has 2 aromatic carbocycles. The van der Waals surface area contributed by atoms with Crippen molar-refractivity contribution in [1.29, 1.82) is 5.26 Å². The van der Waals surface area contributed by atoms with Gasteiger partial charge < -0.3 is 9.59 Å². The van der Waals surface area contributed by atoms with Gasteiger partial charge in [-0.05, 0) is 36.3 Å². The second-order valence-corrected chi connectivity index (χ2v) is 9.75. The number of hydrogen-bond acceptors (Lipinski definition) is 2. The van der Waals surface area contributed by atoms with Crippen LogP contribution in [0, 0.1) is 23.2 Å². The minimum atomic E-state index is -0.591. The van der Waals surface area contributed by atoms with Crippen molar-refractivity contribution in [1.82, 2.24) is 0 Å². The molecule has 1 spiro atoms.